The molecule has 5 heteroatoms. The van der Waals surface area contributed by atoms with Crippen LogP contribution in [0.1, 0.15) is 13.8 Å². The monoisotopic (exact) mass is 209 g/mol. The van der Waals surface area contributed by atoms with Crippen LogP contribution in [0.5, 0.6) is 0 Å². The first-order valence-corrected chi connectivity index (χ1v) is 6.25. The van der Waals surface area contributed by atoms with Gasteiger partial charge in [-0.25, -0.2) is 8.42 Å². The van der Waals surface area contributed by atoms with Crippen molar-refractivity contribution >= 4 is 9.84 Å². The molecule has 0 aromatic carbocycles. The van der Waals surface area contributed by atoms with Crippen LogP contribution < -0.4 is 0 Å². The summed E-state index contributed by atoms with van der Waals surface area (Å²) < 4.78 is 21.6. The molecule has 0 aliphatic carbocycles. The SMILES string of the molecule is CN(CCS(C)(=O)=O)CC(C)(C)O. The summed E-state index contributed by atoms with van der Waals surface area (Å²) in [5.41, 5.74) is -0.772. The fourth-order valence-corrected chi connectivity index (χ4v) is 1.70. The smallest absolute Gasteiger partial charge is 0.148 e. The number of nitrogens with zero attached hydrogens (tertiary/aromatic N) is 1. The van der Waals surface area contributed by atoms with E-state index in [-0.39, 0.29) is 5.75 Å². The number of rotatable bonds is 5. The maximum Gasteiger partial charge on any atom is 0.148 e. The molecule has 0 saturated heterocycles. The average molecular weight is 209 g/mol. The minimum Gasteiger partial charge on any atom is -0.389 e. The molecule has 0 aromatic heterocycles. The van der Waals surface area contributed by atoms with Gasteiger partial charge in [-0.15, -0.1) is 0 Å². The van der Waals surface area contributed by atoms with Crippen LogP contribution in [0, 0.1) is 0 Å². The van der Waals surface area contributed by atoms with E-state index in [0.29, 0.717) is 13.1 Å². The minimum absolute atomic E-state index is 0.138. The molecule has 0 spiro atoms. The Labute approximate surface area is 80.5 Å². The van der Waals surface area contributed by atoms with Crippen LogP contribution in [0.4, 0.5) is 0 Å². The summed E-state index contributed by atoms with van der Waals surface area (Å²) >= 11 is 0. The second kappa shape index (κ2) is 4.39. The first kappa shape index (κ1) is 12.9. The van der Waals surface area contributed by atoms with Gasteiger partial charge < -0.3 is 10.0 Å². The van der Waals surface area contributed by atoms with E-state index in [4.69, 9.17) is 0 Å². The summed E-state index contributed by atoms with van der Waals surface area (Å²) in [7, 11) is -1.10. The lowest BCUT2D eigenvalue weighted by molar-refractivity contribution is 0.0463. The molecule has 0 aliphatic rings. The van der Waals surface area contributed by atoms with E-state index in [9.17, 15) is 13.5 Å². The van der Waals surface area contributed by atoms with Gasteiger partial charge in [-0.1, -0.05) is 0 Å². The van der Waals surface area contributed by atoms with Crippen LogP contribution >= 0.6 is 0 Å². The predicted molar refractivity (Wildman–Crippen MR) is 53.5 cm³/mol. The van der Waals surface area contributed by atoms with Gasteiger partial charge in [0.15, 0.2) is 0 Å². The Kier molecular flexibility index (Phi) is 4.35. The highest BCUT2D eigenvalue weighted by Gasteiger charge is 2.16. The molecule has 0 aliphatic heterocycles. The Hall–Kier alpha value is -0.130. The fraction of sp³-hybridized carbons (Fsp3) is 1.00. The van der Waals surface area contributed by atoms with E-state index < -0.39 is 15.4 Å². The molecule has 0 unspecified atom stereocenters. The van der Waals surface area contributed by atoms with Gasteiger partial charge in [0.1, 0.15) is 9.84 Å². The second-order valence-corrected chi connectivity index (χ2v) is 6.44. The van der Waals surface area contributed by atoms with E-state index in [2.05, 4.69) is 0 Å². The molecule has 0 radical (unpaired) electrons. The highest BCUT2D eigenvalue weighted by molar-refractivity contribution is 7.90. The second-order valence-electron chi connectivity index (χ2n) is 4.18. The first-order chi connectivity index (χ1) is 5.60. The van der Waals surface area contributed by atoms with Crippen molar-refractivity contribution in [3.8, 4) is 0 Å². The molecule has 0 rings (SSSR count). The zero-order valence-electron chi connectivity index (χ0n) is 8.74. The Bertz CT molecular complexity index is 241. The molecular formula is C8H19NO3S. The zero-order chi connectivity index (χ0) is 10.7. The number of hydrogen-bond acceptors (Lipinski definition) is 4. The van der Waals surface area contributed by atoms with Gasteiger partial charge in [0, 0.05) is 19.3 Å². The quantitative estimate of drug-likeness (QED) is 0.677. The average Bonchev–Trinajstić information content (AvgIpc) is 1.78. The van der Waals surface area contributed by atoms with Crippen molar-refractivity contribution in [3.05, 3.63) is 0 Å². The highest BCUT2D eigenvalue weighted by Crippen LogP contribution is 2.02. The molecular weight excluding hydrogens is 190 g/mol. The lowest BCUT2D eigenvalue weighted by Gasteiger charge is -2.24. The van der Waals surface area contributed by atoms with Crippen LogP contribution in [0.25, 0.3) is 0 Å². The molecule has 0 aromatic rings. The van der Waals surface area contributed by atoms with Gasteiger partial charge in [0.2, 0.25) is 0 Å². The van der Waals surface area contributed by atoms with Crippen LogP contribution in [0.3, 0.4) is 0 Å². The van der Waals surface area contributed by atoms with E-state index >= 15 is 0 Å². The number of sulfone groups is 1. The Balaban J connectivity index is 3.84. The van der Waals surface area contributed by atoms with Crippen LogP contribution in [0.2, 0.25) is 0 Å². The van der Waals surface area contributed by atoms with Crippen molar-refractivity contribution < 1.29 is 13.5 Å². The summed E-state index contributed by atoms with van der Waals surface area (Å²) in [6.45, 7) is 4.33. The summed E-state index contributed by atoms with van der Waals surface area (Å²) in [5, 5.41) is 9.43. The third-order valence-corrected chi connectivity index (χ3v) is 2.42. The Morgan fingerprint density at radius 1 is 1.38 bits per heavy atom. The summed E-state index contributed by atoms with van der Waals surface area (Å²) in [4.78, 5) is 1.81. The number of hydrogen-bond donors (Lipinski definition) is 1. The molecule has 13 heavy (non-hydrogen) atoms. The minimum atomic E-state index is -2.90. The largest absolute Gasteiger partial charge is 0.389 e. The molecule has 0 bridgehead atoms. The summed E-state index contributed by atoms with van der Waals surface area (Å²) in [6, 6.07) is 0. The first-order valence-electron chi connectivity index (χ1n) is 4.19. The molecule has 0 atom stereocenters. The van der Waals surface area contributed by atoms with E-state index in [1.807, 2.05) is 0 Å². The normalized spacial score (nSPS) is 13.7. The predicted octanol–water partition coefficient (Wildman–Crippen LogP) is -0.266. The van der Waals surface area contributed by atoms with Crippen LogP contribution in [-0.4, -0.2) is 56.2 Å². The van der Waals surface area contributed by atoms with E-state index in [1.54, 1.807) is 25.8 Å². The third kappa shape index (κ3) is 9.79. The van der Waals surface area contributed by atoms with Gasteiger partial charge in [0.25, 0.3) is 0 Å². The Morgan fingerprint density at radius 3 is 2.15 bits per heavy atom. The van der Waals surface area contributed by atoms with Gasteiger partial charge >= 0.3 is 0 Å². The lowest BCUT2D eigenvalue weighted by atomic mass is 10.1. The maximum atomic E-state index is 10.8. The summed E-state index contributed by atoms with van der Waals surface area (Å²) in [6.07, 6.45) is 1.21. The molecule has 0 saturated carbocycles. The lowest BCUT2D eigenvalue weighted by Crippen LogP contribution is -2.38. The van der Waals surface area contributed by atoms with Gasteiger partial charge in [-0.05, 0) is 20.9 Å². The zero-order valence-corrected chi connectivity index (χ0v) is 9.56. The maximum absolute atomic E-state index is 10.8. The van der Waals surface area contributed by atoms with E-state index in [1.165, 1.54) is 6.26 Å². The van der Waals surface area contributed by atoms with Gasteiger partial charge in [-0.3, -0.25) is 0 Å². The van der Waals surface area contributed by atoms with Crippen LogP contribution in [0.15, 0.2) is 0 Å². The fourth-order valence-electron chi connectivity index (χ4n) is 1.06. The molecule has 0 amide bonds. The highest BCUT2D eigenvalue weighted by atomic mass is 32.2. The third-order valence-electron chi connectivity index (χ3n) is 1.50. The van der Waals surface area contributed by atoms with Crippen molar-refractivity contribution in [2.24, 2.45) is 0 Å². The standard InChI is InChI=1S/C8H19NO3S/c1-8(2,10)7-9(3)5-6-13(4,11)12/h10H,5-7H2,1-4H3. The van der Waals surface area contributed by atoms with Crippen molar-refractivity contribution in [2.45, 2.75) is 19.4 Å². The molecule has 4 nitrogen and oxygen atoms in total. The van der Waals surface area contributed by atoms with Gasteiger partial charge in [-0.2, -0.15) is 0 Å². The molecule has 0 fully saturated rings. The molecule has 0 heterocycles. The van der Waals surface area contributed by atoms with Crippen molar-refractivity contribution in [3.63, 3.8) is 0 Å². The van der Waals surface area contributed by atoms with E-state index in [0.717, 1.165) is 0 Å². The van der Waals surface area contributed by atoms with Crippen molar-refractivity contribution in [2.75, 3.05) is 32.1 Å². The number of aliphatic hydroxyl groups is 1. The van der Waals surface area contributed by atoms with Gasteiger partial charge in [0.05, 0.1) is 11.4 Å². The molecule has 1 N–H and O–H groups in total. The Morgan fingerprint density at radius 2 is 1.85 bits per heavy atom. The molecule has 80 valence electrons. The van der Waals surface area contributed by atoms with Crippen molar-refractivity contribution in [1.82, 2.24) is 4.90 Å². The topological polar surface area (TPSA) is 57.6 Å². The summed E-state index contributed by atoms with van der Waals surface area (Å²) in [5.74, 6) is 0.138. The van der Waals surface area contributed by atoms with Crippen LogP contribution in [-0.2, 0) is 9.84 Å². The number of likely N-dealkylation sites (N-methyl/N-ethyl adjacent to an activating group) is 1. The van der Waals surface area contributed by atoms with Crippen molar-refractivity contribution in [1.29, 1.82) is 0 Å².